The summed E-state index contributed by atoms with van der Waals surface area (Å²) < 4.78 is 5.98. The average Bonchev–Trinajstić information content (AvgIpc) is 2.69. The molecule has 68 valence electrons. The summed E-state index contributed by atoms with van der Waals surface area (Å²) in [5.41, 5.74) is 0.642. The van der Waals surface area contributed by atoms with Gasteiger partial charge in [-0.2, -0.15) is 0 Å². The first-order chi connectivity index (χ1) is 5.81. The van der Waals surface area contributed by atoms with Crippen LogP contribution in [0.4, 0.5) is 0 Å². The Hall–Kier alpha value is -0.0400. The molecule has 1 heteroatoms. The van der Waals surface area contributed by atoms with Crippen LogP contribution < -0.4 is 0 Å². The van der Waals surface area contributed by atoms with Gasteiger partial charge in [-0.25, -0.2) is 0 Å². The molecule has 1 aliphatic carbocycles. The monoisotopic (exact) mass is 166 g/mol. The van der Waals surface area contributed by atoms with Gasteiger partial charge in [-0.3, -0.25) is 0 Å². The van der Waals surface area contributed by atoms with Crippen molar-refractivity contribution in [3.63, 3.8) is 0 Å². The van der Waals surface area contributed by atoms with Gasteiger partial charge in [-0.15, -0.1) is 0 Å². The second kappa shape index (κ2) is 2.25. The zero-order valence-electron chi connectivity index (χ0n) is 7.88. The van der Waals surface area contributed by atoms with Crippen molar-refractivity contribution in [1.29, 1.82) is 0 Å². The molecule has 0 radical (unpaired) electrons. The van der Waals surface area contributed by atoms with Crippen LogP contribution in [0, 0.1) is 11.3 Å². The Bertz CT molecular complexity index is 201. The molecule has 1 saturated carbocycles. The largest absolute Gasteiger partial charge is 0.374 e. The highest BCUT2D eigenvalue weighted by atomic mass is 16.5. The maximum Gasteiger partial charge on any atom is 0.0639 e. The van der Waals surface area contributed by atoms with Crippen LogP contribution >= 0.6 is 0 Å². The van der Waals surface area contributed by atoms with Crippen LogP contribution in [0.2, 0.25) is 0 Å². The standard InChI is InChI=1S/C11H18O/c1-8-3-2-6-11(8)7-9-4-5-10(11)12-9/h8-10H,2-7H2,1H3. The van der Waals surface area contributed by atoms with Gasteiger partial charge in [0, 0.05) is 5.41 Å². The summed E-state index contributed by atoms with van der Waals surface area (Å²) in [6.07, 6.45) is 9.75. The molecule has 0 N–H and O–H groups in total. The molecule has 2 aliphatic heterocycles. The zero-order chi connectivity index (χ0) is 8.18. The van der Waals surface area contributed by atoms with Crippen molar-refractivity contribution in [3.05, 3.63) is 0 Å². The average molecular weight is 166 g/mol. The van der Waals surface area contributed by atoms with E-state index < -0.39 is 0 Å². The minimum absolute atomic E-state index is 0.642. The smallest absolute Gasteiger partial charge is 0.0639 e. The molecule has 3 aliphatic rings. The minimum Gasteiger partial charge on any atom is -0.374 e. The van der Waals surface area contributed by atoms with Crippen LogP contribution in [0.1, 0.15) is 45.4 Å². The van der Waals surface area contributed by atoms with E-state index in [2.05, 4.69) is 6.92 Å². The highest BCUT2D eigenvalue weighted by Gasteiger charge is 2.56. The van der Waals surface area contributed by atoms with Crippen LogP contribution in [-0.2, 0) is 4.74 Å². The Morgan fingerprint density at radius 3 is 2.67 bits per heavy atom. The van der Waals surface area contributed by atoms with Gasteiger partial charge in [0.25, 0.3) is 0 Å². The molecule has 0 aromatic heterocycles. The van der Waals surface area contributed by atoms with Gasteiger partial charge in [0.05, 0.1) is 12.2 Å². The van der Waals surface area contributed by atoms with E-state index in [1.54, 1.807) is 0 Å². The fraction of sp³-hybridized carbons (Fsp3) is 1.00. The number of ether oxygens (including phenoxy) is 1. The molecular weight excluding hydrogens is 148 g/mol. The van der Waals surface area contributed by atoms with Crippen molar-refractivity contribution in [2.45, 2.75) is 57.7 Å². The fourth-order valence-corrected chi connectivity index (χ4v) is 3.89. The van der Waals surface area contributed by atoms with Gasteiger partial charge < -0.3 is 4.74 Å². The van der Waals surface area contributed by atoms with Crippen molar-refractivity contribution >= 4 is 0 Å². The van der Waals surface area contributed by atoms with E-state index in [4.69, 9.17) is 4.74 Å². The van der Waals surface area contributed by atoms with Crippen LogP contribution in [0.5, 0.6) is 0 Å². The van der Waals surface area contributed by atoms with Gasteiger partial charge in [0.15, 0.2) is 0 Å². The van der Waals surface area contributed by atoms with Crippen LogP contribution in [0.25, 0.3) is 0 Å². The first kappa shape index (κ1) is 7.37. The lowest BCUT2D eigenvalue weighted by Gasteiger charge is -2.35. The molecule has 3 fully saturated rings. The summed E-state index contributed by atoms with van der Waals surface area (Å²) in [6, 6.07) is 0. The van der Waals surface area contributed by atoms with Gasteiger partial charge in [-0.05, 0) is 31.6 Å². The predicted octanol–water partition coefficient (Wildman–Crippen LogP) is 2.74. The second-order valence-corrected chi connectivity index (χ2v) is 5.05. The number of hydrogen-bond donors (Lipinski definition) is 0. The second-order valence-electron chi connectivity index (χ2n) is 5.05. The summed E-state index contributed by atoms with van der Waals surface area (Å²) in [5.74, 6) is 0.938. The SMILES string of the molecule is CC1CCCC12CC1CCC2O1. The molecule has 3 rings (SSSR count). The molecule has 0 aromatic carbocycles. The molecule has 0 amide bonds. The van der Waals surface area contributed by atoms with Gasteiger partial charge >= 0.3 is 0 Å². The van der Waals surface area contributed by atoms with Crippen molar-refractivity contribution in [1.82, 2.24) is 0 Å². The van der Waals surface area contributed by atoms with Crippen molar-refractivity contribution in [3.8, 4) is 0 Å². The zero-order valence-corrected chi connectivity index (χ0v) is 7.88. The number of rotatable bonds is 0. The van der Waals surface area contributed by atoms with Crippen molar-refractivity contribution in [2.75, 3.05) is 0 Å². The van der Waals surface area contributed by atoms with E-state index in [-0.39, 0.29) is 0 Å². The van der Waals surface area contributed by atoms with Gasteiger partial charge in [0.1, 0.15) is 0 Å². The summed E-state index contributed by atoms with van der Waals surface area (Å²) in [6.45, 7) is 2.44. The van der Waals surface area contributed by atoms with E-state index in [0.29, 0.717) is 17.6 Å². The Kier molecular flexibility index (Phi) is 1.39. The maximum atomic E-state index is 5.98. The summed E-state index contributed by atoms with van der Waals surface area (Å²) >= 11 is 0. The summed E-state index contributed by atoms with van der Waals surface area (Å²) in [7, 11) is 0. The molecule has 4 atom stereocenters. The van der Waals surface area contributed by atoms with E-state index in [0.717, 1.165) is 5.92 Å². The van der Waals surface area contributed by atoms with E-state index in [1.165, 1.54) is 38.5 Å². The first-order valence-electron chi connectivity index (χ1n) is 5.47. The van der Waals surface area contributed by atoms with E-state index in [1.807, 2.05) is 0 Å². The summed E-state index contributed by atoms with van der Waals surface area (Å²) in [5, 5.41) is 0. The molecule has 1 nitrogen and oxygen atoms in total. The van der Waals surface area contributed by atoms with Crippen LogP contribution in [0.15, 0.2) is 0 Å². The van der Waals surface area contributed by atoms with E-state index in [9.17, 15) is 0 Å². The molecule has 2 heterocycles. The highest BCUT2D eigenvalue weighted by molar-refractivity contribution is 5.05. The maximum absolute atomic E-state index is 5.98. The van der Waals surface area contributed by atoms with Gasteiger partial charge in [0.2, 0.25) is 0 Å². The fourth-order valence-electron chi connectivity index (χ4n) is 3.89. The normalized spacial score (nSPS) is 57.2. The van der Waals surface area contributed by atoms with E-state index >= 15 is 0 Å². The molecule has 0 aromatic rings. The summed E-state index contributed by atoms with van der Waals surface area (Å²) in [4.78, 5) is 0. The third-order valence-electron chi connectivity index (χ3n) is 4.62. The van der Waals surface area contributed by atoms with Gasteiger partial charge in [-0.1, -0.05) is 19.8 Å². The minimum atomic E-state index is 0.642. The van der Waals surface area contributed by atoms with Crippen LogP contribution in [0.3, 0.4) is 0 Å². The molecule has 2 saturated heterocycles. The Labute approximate surface area is 74.5 Å². The first-order valence-corrected chi connectivity index (χ1v) is 5.47. The Morgan fingerprint density at radius 1 is 1.25 bits per heavy atom. The topological polar surface area (TPSA) is 9.23 Å². The molecular formula is C11H18O. The molecule has 4 unspecified atom stereocenters. The quantitative estimate of drug-likeness (QED) is 0.537. The lowest BCUT2D eigenvalue weighted by Crippen LogP contribution is -2.34. The highest BCUT2D eigenvalue weighted by Crippen LogP contribution is 2.58. The lowest BCUT2D eigenvalue weighted by molar-refractivity contribution is 0.0449. The Balaban J connectivity index is 1.91. The molecule has 1 spiro atoms. The molecule has 2 bridgehead atoms. The molecule has 12 heavy (non-hydrogen) atoms. The van der Waals surface area contributed by atoms with Crippen molar-refractivity contribution < 1.29 is 4.74 Å². The van der Waals surface area contributed by atoms with Crippen molar-refractivity contribution in [2.24, 2.45) is 11.3 Å². The third-order valence-corrected chi connectivity index (χ3v) is 4.62. The predicted molar refractivity (Wildman–Crippen MR) is 48.0 cm³/mol. The Morgan fingerprint density at radius 2 is 2.17 bits per heavy atom. The number of hydrogen-bond acceptors (Lipinski definition) is 1. The van der Waals surface area contributed by atoms with Crippen LogP contribution in [-0.4, -0.2) is 12.2 Å². The third kappa shape index (κ3) is 0.736. The number of fused-ring (bicyclic) bond motifs is 3. The lowest BCUT2D eigenvalue weighted by atomic mass is 9.68.